The summed E-state index contributed by atoms with van der Waals surface area (Å²) in [6.07, 6.45) is 6.11. The van der Waals surface area contributed by atoms with E-state index in [2.05, 4.69) is 10.6 Å². The first-order valence-electron chi connectivity index (χ1n) is 8.18. The van der Waals surface area contributed by atoms with Crippen LogP contribution in [0.25, 0.3) is 0 Å². The van der Waals surface area contributed by atoms with Gasteiger partial charge in [0.15, 0.2) is 0 Å². The van der Waals surface area contributed by atoms with E-state index in [-0.39, 0.29) is 18.0 Å². The van der Waals surface area contributed by atoms with Crippen LogP contribution in [0.15, 0.2) is 10.5 Å². The van der Waals surface area contributed by atoms with Gasteiger partial charge in [-0.1, -0.05) is 12.8 Å². The Balaban J connectivity index is 1.60. The van der Waals surface area contributed by atoms with Crippen LogP contribution < -0.4 is 10.6 Å². The van der Waals surface area contributed by atoms with E-state index < -0.39 is 0 Å². The number of aryl methyl sites for hydroxylation is 2. The van der Waals surface area contributed by atoms with Gasteiger partial charge in [-0.2, -0.15) is 0 Å². The first-order chi connectivity index (χ1) is 10.0. The van der Waals surface area contributed by atoms with Gasteiger partial charge in [0.2, 0.25) is 5.91 Å². The minimum Gasteiger partial charge on any atom is -0.466 e. The molecule has 4 atom stereocenters. The maximum Gasteiger partial charge on any atom is 0.237 e. The number of fused-ring (bicyclic) bond motifs is 1. The standard InChI is InChI=1S/C17H26N2O2/c1-10-8-14(12(3)21-10)11(2)18-17(20)16-9-13-6-4-5-7-15(13)19-16/h8,11,13,15-16,19H,4-7,9H2,1-3H3,(H,18,20). The summed E-state index contributed by atoms with van der Waals surface area (Å²) in [5, 5.41) is 6.67. The van der Waals surface area contributed by atoms with Crippen molar-refractivity contribution < 1.29 is 9.21 Å². The lowest BCUT2D eigenvalue weighted by atomic mass is 9.85. The lowest BCUT2D eigenvalue weighted by molar-refractivity contribution is -0.123. The zero-order chi connectivity index (χ0) is 15.0. The summed E-state index contributed by atoms with van der Waals surface area (Å²) < 4.78 is 5.55. The van der Waals surface area contributed by atoms with Crippen LogP contribution in [-0.2, 0) is 4.79 Å². The number of carbonyl (C=O) groups excluding carboxylic acids is 1. The van der Waals surface area contributed by atoms with Gasteiger partial charge in [-0.25, -0.2) is 0 Å². The summed E-state index contributed by atoms with van der Waals surface area (Å²) in [7, 11) is 0. The van der Waals surface area contributed by atoms with E-state index in [0.29, 0.717) is 12.0 Å². The Morgan fingerprint density at radius 3 is 2.81 bits per heavy atom. The molecule has 1 aliphatic carbocycles. The van der Waals surface area contributed by atoms with Gasteiger partial charge in [-0.05, 0) is 52.0 Å². The Labute approximate surface area is 126 Å². The monoisotopic (exact) mass is 290 g/mol. The number of hydrogen-bond donors (Lipinski definition) is 2. The highest BCUT2D eigenvalue weighted by atomic mass is 16.3. The molecule has 1 amide bonds. The molecule has 3 rings (SSSR count). The first kappa shape index (κ1) is 14.6. The van der Waals surface area contributed by atoms with Crippen LogP contribution in [0, 0.1) is 19.8 Å². The van der Waals surface area contributed by atoms with E-state index in [0.717, 1.165) is 23.5 Å². The predicted octanol–water partition coefficient (Wildman–Crippen LogP) is 2.99. The summed E-state index contributed by atoms with van der Waals surface area (Å²) in [5.41, 5.74) is 1.08. The Hall–Kier alpha value is -1.29. The molecule has 116 valence electrons. The van der Waals surface area contributed by atoms with Crippen LogP contribution >= 0.6 is 0 Å². The van der Waals surface area contributed by atoms with Crippen molar-refractivity contribution in [2.45, 2.75) is 71.0 Å². The molecule has 4 heteroatoms. The van der Waals surface area contributed by atoms with Crippen LogP contribution in [-0.4, -0.2) is 18.0 Å². The molecule has 1 aromatic heterocycles. The van der Waals surface area contributed by atoms with E-state index in [1.54, 1.807) is 0 Å². The SMILES string of the molecule is Cc1cc(C(C)NC(=O)C2CC3CCCCC3N2)c(C)o1. The number of amides is 1. The van der Waals surface area contributed by atoms with Crippen molar-refractivity contribution in [3.8, 4) is 0 Å². The molecule has 0 spiro atoms. The fourth-order valence-electron chi connectivity index (χ4n) is 3.99. The minimum absolute atomic E-state index is 0.000576. The Morgan fingerprint density at radius 2 is 2.14 bits per heavy atom. The molecule has 21 heavy (non-hydrogen) atoms. The van der Waals surface area contributed by atoms with Crippen LogP contribution in [0.4, 0.5) is 0 Å². The number of furan rings is 1. The third-order valence-corrected chi connectivity index (χ3v) is 5.08. The molecule has 1 aromatic rings. The smallest absolute Gasteiger partial charge is 0.237 e. The number of nitrogens with one attached hydrogen (secondary N) is 2. The van der Waals surface area contributed by atoms with Crippen molar-refractivity contribution in [2.75, 3.05) is 0 Å². The highest BCUT2D eigenvalue weighted by Gasteiger charge is 2.38. The molecule has 2 N–H and O–H groups in total. The highest BCUT2D eigenvalue weighted by Crippen LogP contribution is 2.33. The van der Waals surface area contributed by atoms with Gasteiger partial charge in [-0.3, -0.25) is 4.79 Å². The zero-order valence-corrected chi connectivity index (χ0v) is 13.2. The second kappa shape index (κ2) is 5.84. The third kappa shape index (κ3) is 3.00. The molecule has 2 fully saturated rings. The second-order valence-electron chi connectivity index (χ2n) is 6.70. The summed E-state index contributed by atoms with van der Waals surface area (Å²) in [6, 6.07) is 2.55. The topological polar surface area (TPSA) is 54.3 Å². The van der Waals surface area contributed by atoms with E-state index in [1.165, 1.54) is 25.7 Å². The Kier molecular flexibility index (Phi) is 4.07. The molecule has 1 aliphatic heterocycles. The summed E-state index contributed by atoms with van der Waals surface area (Å²) in [4.78, 5) is 12.5. The molecule has 1 saturated carbocycles. The van der Waals surface area contributed by atoms with Crippen LogP contribution in [0.2, 0.25) is 0 Å². The maximum atomic E-state index is 12.5. The Bertz CT molecular complexity index is 509. The van der Waals surface area contributed by atoms with E-state index in [9.17, 15) is 4.79 Å². The van der Waals surface area contributed by atoms with Gasteiger partial charge in [0.05, 0.1) is 12.1 Å². The average molecular weight is 290 g/mol. The van der Waals surface area contributed by atoms with E-state index in [1.807, 2.05) is 26.8 Å². The molecule has 1 saturated heterocycles. The van der Waals surface area contributed by atoms with Crippen molar-refractivity contribution in [3.63, 3.8) is 0 Å². The van der Waals surface area contributed by atoms with Gasteiger partial charge < -0.3 is 15.1 Å². The third-order valence-electron chi connectivity index (χ3n) is 5.08. The molecule has 0 aromatic carbocycles. The quantitative estimate of drug-likeness (QED) is 0.900. The molecule has 0 bridgehead atoms. The van der Waals surface area contributed by atoms with Crippen molar-refractivity contribution >= 4 is 5.91 Å². The van der Waals surface area contributed by atoms with Crippen LogP contribution in [0.3, 0.4) is 0 Å². The lowest BCUT2D eigenvalue weighted by Gasteiger charge is -2.24. The second-order valence-corrected chi connectivity index (χ2v) is 6.70. The highest BCUT2D eigenvalue weighted by molar-refractivity contribution is 5.82. The summed E-state index contributed by atoms with van der Waals surface area (Å²) >= 11 is 0. The summed E-state index contributed by atoms with van der Waals surface area (Å²) in [5.74, 6) is 2.62. The van der Waals surface area contributed by atoms with E-state index >= 15 is 0 Å². The van der Waals surface area contributed by atoms with Crippen molar-refractivity contribution in [2.24, 2.45) is 5.92 Å². The number of carbonyl (C=O) groups is 1. The van der Waals surface area contributed by atoms with Crippen molar-refractivity contribution in [1.82, 2.24) is 10.6 Å². The molecule has 2 aliphatic rings. The van der Waals surface area contributed by atoms with Crippen LogP contribution in [0.5, 0.6) is 0 Å². The molecule has 4 nitrogen and oxygen atoms in total. The fourth-order valence-corrected chi connectivity index (χ4v) is 3.99. The van der Waals surface area contributed by atoms with Crippen molar-refractivity contribution in [1.29, 1.82) is 0 Å². The molecular formula is C17H26N2O2. The fraction of sp³-hybridized carbons (Fsp3) is 0.706. The summed E-state index contributed by atoms with van der Waals surface area (Å²) in [6.45, 7) is 5.92. The van der Waals surface area contributed by atoms with Gasteiger partial charge in [0.1, 0.15) is 11.5 Å². The minimum atomic E-state index is -0.0196. The predicted molar refractivity (Wildman–Crippen MR) is 82.0 cm³/mol. The molecule has 0 radical (unpaired) electrons. The first-order valence-corrected chi connectivity index (χ1v) is 8.18. The van der Waals surface area contributed by atoms with Crippen LogP contribution in [0.1, 0.15) is 62.2 Å². The van der Waals surface area contributed by atoms with Crippen molar-refractivity contribution in [3.05, 3.63) is 23.2 Å². The molecule has 2 heterocycles. The van der Waals surface area contributed by atoms with Gasteiger partial charge in [-0.15, -0.1) is 0 Å². The van der Waals surface area contributed by atoms with E-state index in [4.69, 9.17) is 4.42 Å². The largest absolute Gasteiger partial charge is 0.466 e. The zero-order valence-electron chi connectivity index (χ0n) is 13.2. The number of hydrogen-bond acceptors (Lipinski definition) is 3. The average Bonchev–Trinajstić information content (AvgIpc) is 3.01. The molecular weight excluding hydrogens is 264 g/mol. The lowest BCUT2D eigenvalue weighted by Crippen LogP contribution is -2.43. The normalized spacial score (nSPS) is 30.0. The maximum absolute atomic E-state index is 12.5. The number of rotatable bonds is 3. The molecule has 4 unspecified atom stereocenters. The Morgan fingerprint density at radius 1 is 1.38 bits per heavy atom. The van der Waals surface area contributed by atoms with Gasteiger partial charge in [0, 0.05) is 11.6 Å². The van der Waals surface area contributed by atoms with Gasteiger partial charge >= 0.3 is 0 Å². The van der Waals surface area contributed by atoms with Gasteiger partial charge in [0.25, 0.3) is 0 Å².